The number of aliphatic hydroxyl groups is 1. The lowest BCUT2D eigenvalue weighted by Gasteiger charge is -2.29. The molecule has 0 spiro atoms. The maximum Gasteiger partial charge on any atom is 0.0561 e. The van der Waals surface area contributed by atoms with Crippen molar-refractivity contribution in [2.45, 2.75) is 57.3 Å². The molecule has 0 aromatic rings. The van der Waals surface area contributed by atoms with Crippen molar-refractivity contribution in [1.82, 2.24) is 5.32 Å². The number of hydrogen-bond donors (Lipinski definition) is 2. The van der Waals surface area contributed by atoms with Crippen LogP contribution >= 0.6 is 0 Å². The van der Waals surface area contributed by atoms with Gasteiger partial charge in [0.15, 0.2) is 0 Å². The van der Waals surface area contributed by atoms with Gasteiger partial charge in [0.25, 0.3) is 0 Å². The van der Waals surface area contributed by atoms with Crippen LogP contribution < -0.4 is 5.32 Å². The zero-order valence-electron chi connectivity index (χ0n) is 9.61. The van der Waals surface area contributed by atoms with Gasteiger partial charge in [-0.2, -0.15) is 0 Å². The monoisotopic (exact) mass is 213 g/mol. The van der Waals surface area contributed by atoms with Crippen molar-refractivity contribution in [2.75, 3.05) is 13.2 Å². The molecule has 3 heteroatoms. The molecule has 0 amide bonds. The van der Waals surface area contributed by atoms with E-state index in [1.54, 1.807) is 0 Å². The van der Waals surface area contributed by atoms with Crippen LogP contribution in [-0.2, 0) is 4.74 Å². The fraction of sp³-hybridized carbons (Fsp3) is 1.00. The summed E-state index contributed by atoms with van der Waals surface area (Å²) in [6, 6.07) is 0.631. The highest BCUT2D eigenvalue weighted by atomic mass is 16.5. The van der Waals surface area contributed by atoms with Gasteiger partial charge < -0.3 is 15.2 Å². The summed E-state index contributed by atoms with van der Waals surface area (Å²) in [5.74, 6) is 0.693. The topological polar surface area (TPSA) is 41.5 Å². The lowest BCUT2D eigenvalue weighted by Crippen LogP contribution is -2.40. The number of aliphatic hydroxyl groups excluding tert-OH is 1. The predicted molar refractivity (Wildman–Crippen MR) is 59.8 cm³/mol. The molecule has 2 rings (SSSR count). The summed E-state index contributed by atoms with van der Waals surface area (Å²) in [7, 11) is 0. The van der Waals surface area contributed by atoms with Crippen molar-refractivity contribution in [3.63, 3.8) is 0 Å². The third-order valence-electron chi connectivity index (χ3n) is 3.69. The van der Waals surface area contributed by atoms with Crippen LogP contribution in [0.5, 0.6) is 0 Å². The molecule has 0 aromatic carbocycles. The molecular formula is C12H23NO2. The zero-order chi connectivity index (χ0) is 10.7. The SMILES string of the molecule is CC1CC(NCC2CCC(O)C2)CCO1. The van der Waals surface area contributed by atoms with Gasteiger partial charge in [-0.1, -0.05) is 0 Å². The molecule has 2 fully saturated rings. The van der Waals surface area contributed by atoms with Gasteiger partial charge in [0, 0.05) is 12.6 Å². The number of ether oxygens (including phenoxy) is 1. The van der Waals surface area contributed by atoms with E-state index < -0.39 is 0 Å². The number of nitrogens with one attached hydrogen (secondary N) is 1. The first-order valence-corrected chi connectivity index (χ1v) is 6.27. The third-order valence-corrected chi connectivity index (χ3v) is 3.69. The average molecular weight is 213 g/mol. The van der Waals surface area contributed by atoms with E-state index in [-0.39, 0.29) is 6.10 Å². The molecule has 1 saturated carbocycles. The van der Waals surface area contributed by atoms with Gasteiger partial charge in [-0.05, 0) is 51.5 Å². The van der Waals surface area contributed by atoms with E-state index in [1.807, 2.05) is 0 Å². The maximum atomic E-state index is 9.43. The van der Waals surface area contributed by atoms with Crippen LogP contribution in [0.4, 0.5) is 0 Å². The molecule has 1 aliphatic heterocycles. The Kier molecular flexibility index (Phi) is 4.00. The first kappa shape index (κ1) is 11.4. The Morgan fingerprint density at radius 1 is 1.27 bits per heavy atom. The minimum Gasteiger partial charge on any atom is -0.393 e. The van der Waals surface area contributed by atoms with Gasteiger partial charge >= 0.3 is 0 Å². The van der Waals surface area contributed by atoms with Gasteiger partial charge in [0.1, 0.15) is 0 Å². The Morgan fingerprint density at radius 2 is 2.13 bits per heavy atom. The maximum absolute atomic E-state index is 9.43. The minimum atomic E-state index is -0.0367. The molecule has 2 N–H and O–H groups in total. The Hall–Kier alpha value is -0.120. The summed E-state index contributed by atoms with van der Waals surface area (Å²) in [5, 5.41) is 13.1. The van der Waals surface area contributed by atoms with Crippen LogP contribution in [0.3, 0.4) is 0 Å². The second-order valence-electron chi connectivity index (χ2n) is 5.14. The van der Waals surface area contributed by atoms with Crippen molar-refractivity contribution >= 4 is 0 Å². The van der Waals surface area contributed by atoms with E-state index >= 15 is 0 Å². The lowest BCUT2D eigenvalue weighted by atomic mass is 10.0. The normalized spacial score (nSPS) is 42.0. The van der Waals surface area contributed by atoms with Crippen molar-refractivity contribution in [1.29, 1.82) is 0 Å². The summed E-state index contributed by atoms with van der Waals surface area (Å²) in [5.41, 5.74) is 0. The molecule has 1 aliphatic carbocycles. The number of rotatable bonds is 3. The van der Waals surface area contributed by atoms with Crippen LogP contribution in [0, 0.1) is 5.92 Å². The lowest BCUT2D eigenvalue weighted by molar-refractivity contribution is 0.0126. The molecule has 4 unspecified atom stereocenters. The van der Waals surface area contributed by atoms with Crippen molar-refractivity contribution in [3.05, 3.63) is 0 Å². The van der Waals surface area contributed by atoms with E-state index in [1.165, 1.54) is 6.42 Å². The van der Waals surface area contributed by atoms with Gasteiger partial charge in [0.05, 0.1) is 12.2 Å². The van der Waals surface area contributed by atoms with Gasteiger partial charge in [0.2, 0.25) is 0 Å². The molecule has 3 nitrogen and oxygen atoms in total. The highest BCUT2D eigenvalue weighted by molar-refractivity contribution is 4.80. The average Bonchev–Trinajstić information content (AvgIpc) is 2.62. The van der Waals surface area contributed by atoms with Crippen molar-refractivity contribution < 1.29 is 9.84 Å². The van der Waals surface area contributed by atoms with E-state index in [9.17, 15) is 5.11 Å². The van der Waals surface area contributed by atoms with Crippen molar-refractivity contribution in [2.24, 2.45) is 5.92 Å². The second kappa shape index (κ2) is 5.28. The Morgan fingerprint density at radius 3 is 2.80 bits per heavy atom. The Labute approximate surface area is 92.2 Å². The largest absolute Gasteiger partial charge is 0.393 e. The van der Waals surface area contributed by atoms with E-state index in [0.717, 1.165) is 38.8 Å². The van der Waals surface area contributed by atoms with Gasteiger partial charge in [-0.25, -0.2) is 0 Å². The molecule has 88 valence electrons. The van der Waals surface area contributed by atoms with E-state index in [4.69, 9.17) is 4.74 Å². The number of hydrogen-bond acceptors (Lipinski definition) is 3. The van der Waals surface area contributed by atoms with Crippen LogP contribution in [0.2, 0.25) is 0 Å². The van der Waals surface area contributed by atoms with Crippen LogP contribution in [0.1, 0.15) is 39.0 Å². The van der Waals surface area contributed by atoms with E-state index in [0.29, 0.717) is 18.1 Å². The molecule has 0 bridgehead atoms. The summed E-state index contributed by atoms with van der Waals surface area (Å²) in [6.07, 6.45) is 5.82. The molecule has 0 aromatic heterocycles. The summed E-state index contributed by atoms with van der Waals surface area (Å²) < 4.78 is 5.52. The minimum absolute atomic E-state index is 0.0367. The second-order valence-corrected chi connectivity index (χ2v) is 5.14. The molecule has 4 atom stereocenters. The molecule has 1 saturated heterocycles. The highest BCUT2D eigenvalue weighted by Crippen LogP contribution is 2.25. The quantitative estimate of drug-likeness (QED) is 0.742. The van der Waals surface area contributed by atoms with Crippen LogP contribution in [0.25, 0.3) is 0 Å². The summed E-state index contributed by atoms with van der Waals surface area (Å²) in [4.78, 5) is 0. The van der Waals surface area contributed by atoms with Gasteiger partial charge in [-0.15, -0.1) is 0 Å². The third kappa shape index (κ3) is 3.44. The summed E-state index contributed by atoms with van der Waals surface area (Å²) >= 11 is 0. The summed E-state index contributed by atoms with van der Waals surface area (Å²) in [6.45, 7) is 4.12. The molecule has 2 aliphatic rings. The standard InChI is InChI=1S/C12H23NO2/c1-9-6-11(4-5-15-9)13-8-10-2-3-12(14)7-10/h9-14H,2-8H2,1H3. The Balaban J connectivity index is 1.64. The first-order chi connectivity index (χ1) is 7.24. The zero-order valence-corrected chi connectivity index (χ0v) is 9.61. The van der Waals surface area contributed by atoms with Crippen molar-refractivity contribution in [3.8, 4) is 0 Å². The van der Waals surface area contributed by atoms with Crippen LogP contribution in [0.15, 0.2) is 0 Å². The molecular weight excluding hydrogens is 190 g/mol. The van der Waals surface area contributed by atoms with E-state index in [2.05, 4.69) is 12.2 Å². The molecule has 0 radical (unpaired) electrons. The highest BCUT2D eigenvalue weighted by Gasteiger charge is 2.24. The fourth-order valence-corrected chi connectivity index (χ4v) is 2.75. The molecule has 15 heavy (non-hydrogen) atoms. The molecule has 1 heterocycles. The predicted octanol–water partition coefficient (Wildman–Crippen LogP) is 1.30. The van der Waals surface area contributed by atoms with Gasteiger partial charge in [-0.3, -0.25) is 0 Å². The smallest absolute Gasteiger partial charge is 0.0561 e. The van der Waals surface area contributed by atoms with Crippen LogP contribution in [-0.4, -0.2) is 36.5 Å². The Bertz CT molecular complexity index is 198. The fourth-order valence-electron chi connectivity index (χ4n) is 2.75. The first-order valence-electron chi connectivity index (χ1n) is 6.27.